The second-order valence-electron chi connectivity index (χ2n) is 17.1. The highest BCUT2D eigenvalue weighted by molar-refractivity contribution is 5.75. The fourth-order valence-electron chi connectivity index (χ4n) is 8.62. The SMILES string of the molecule is CO[C@@H]1[C@@H](O)[C@H](O[C@@H]2[C@@H](O)[C@H](O[C@H]3[C@H](O)[C@@H](O)[C@H](OC[C@H]4O[C@H](O[C@H]5O[C@H](CO)[C@@H](O)[C@H](O)[C@H]5O)[C@H](O)[C@@H](O)[C@@H]4O)O[C@@H]3CO)O[C@@H]3COC(C)(C(=O)O)O[C@@H]23)O[C@@H]2COC(C)(C(=O)O)O[C@@H]12. The molecule has 0 saturated carbocycles. The van der Waals surface area contributed by atoms with Gasteiger partial charge in [0.1, 0.15) is 122 Å². The average molecular weight is 983 g/mol. The Morgan fingerprint density at radius 1 is 0.493 bits per heavy atom. The zero-order valence-electron chi connectivity index (χ0n) is 35.8. The number of methoxy groups -OCH3 is 1. The van der Waals surface area contributed by atoms with E-state index in [-0.39, 0.29) is 0 Å². The van der Waals surface area contributed by atoms with Gasteiger partial charge in [-0.3, -0.25) is 0 Å². The van der Waals surface area contributed by atoms with E-state index in [4.69, 9.17) is 66.3 Å². The molecule has 0 spiro atoms. The van der Waals surface area contributed by atoms with Crippen LogP contribution in [0.3, 0.4) is 0 Å². The Balaban J connectivity index is 1.03. The highest BCUT2D eigenvalue weighted by atomic mass is 16.8. The van der Waals surface area contributed by atoms with Crippen LogP contribution in [0.4, 0.5) is 0 Å². The number of rotatable bonds is 14. The molecule has 0 aromatic rings. The van der Waals surface area contributed by atoms with Crippen molar-refractivity contribution in [2.45, 2.75) is 179 Å². The maximum atomic E-state index is 12.2. The number of aliphatic hydroxyl groups is 12. The second-order valence-corrected chi connectivity index (χ2v) is 17.1. The topological polar surface area (TPSA) is 447 Å². The van der Waals surface area contributed by atoms with Gasteiger partial charge >= 0.3 is 11.9 Å². The Morgan fingerprint density at radius 3 is 1.40 bits per heavy atom. The van der Waals surface area contributed by atoms with Crippen molar-refractivity contribution in [1.82, 2.24) is 0 Å². The van der Waals surface area contributed by atoms with E-state index in [2.05, 4.69) is 0 Å². The lowest BCUT2D eigenvalue weighted by molar-refractivity contribution is -0.424. The normalized spacial score (nSPS) is 52.7. The van der Waals surface area contributed by atoms with Gasteiger partial charge in [0.25, 0.3) is 11.6 Å². The van der Waals surface area contributed by atoms with E-state index in [1.165, 1.54) is 7.11 Å². The first-order valence-corrected chi connectivity index (χ1v) is 21.1. The van der Waals surface area contributed by atoms with E-state index in [0.717, 1.165) is 13.8 Å². The van der Waals surface area contributed by atoms with Gasteiger partial charge in [-0.1, -0.05) is 0 Å². The van der Waals surface area contributed by atoms with Crippen LogP contribution in [0.15, 0.2) is 0 Å². The van der Waals surface area contributed by atoms with Crippen molar-refractivity contribution in [2.75, 3.05) is 40.1 Å². The third-order valence-corrected chi connectivity index (χ3v) is 12.7. The summed E-state index contributed by atoms with van der Waals surface area (Å²) in [6.45, 7) is -1.30. The van der Waals surface area contributed by atoms with Gasteiger partial charge in [0.2, 0.25) is 0 Å². The van der Waals surface area contributed by atoms with Crippen molar-refractivity contribution in [1.29, 1.82) is 0 Å². The molecule has 0 aromatic carbocycles. The van der Waals surface area contributed by atoms with Crippen LogP contribution in [0.1, 0.15) is 13.8 Å². The fourth-order valence-corrected chi connectivity index (χ4v) is 8.62. The molecule has 30 nitrogen and oxygen atoms in total. The summed E-state index contributed by atoms with van der Waals surface area (Å²) in [6, 6.07) is 0. The van der Waals surface area contributed by atoms with Gasteiger partial charge < -0.3 is 138 Å². The van der Waals surface area contributed by atoms with E-state index in [1.807, 2.05) is 0 Å². The molecular formula is C37H58O30. The van der Waals surface area contributed by atoms with Gasteiger partial charge in [-0.2, -0.15) is 0 Å². The molecule has 0 aromatic heterocycles. The molecule has 7 aliphatic rings. The van der Waals surface area contributed by atoms with Gasteiger partial charge in [0, 0.05) is 21.0 Å². The van der Waals surface area contributed by atoms with Crippen molar-refractivity contribution in [2.24, 2.45) is 0 Å². The molecule has 14 N–H and O–H groups in total. The highest BCUT2D eigenvalue weighted by Crippen LogP contribution is 2.40. The van der Waals surface area contributed by atoms with Gasteiger partial charge in [-0.25, -0.2) is 9.59 Å². The third kappa shape index (κ3) is 10.2. The first-order valence-electron chi connectivity index (χ1n) is 21.1. The van der Waals surface area contributed by atoms with Crippen molar-refractivity contribution in [3.63, 3.8) is 0 Å². The smallest absolute Gasteiger partial charge is 0.364 e. The molecule has 7 rings (SSSR count). The summed E-state index contributed by atoms with van der Waals surface area (Å²) in [6.07, 6.45) is -43.3. The minimum atomic E-state index is -2.32. The summed E-state index contributed by atoms with van der Waals surface area (Å²) in [4.78, 5) is 24.0. The number of aliphatic hydroxyl groups excluding tert-OH is 12. The molecule has 0 amide bonds. The zero-order chi connectivity index (χ0) is 49.0. The standard InChI is InChI=1S/C37H58O30/c1-36(34(50)51)56-7-12-25(66-36)27(54-3)22(48)32(61-12)64-28-23(49)33(62-13-8-57-37(2,35(52)53)67-26(13)28)63-24-10(5-39)59-29(21(47)18(24)44)55-6-11-15(41)17(43)20(46)31(60-11)65-30-19(45)16(42)14(40)9(4-38)58-30/h9-33,38-49H,4-8H2,1-3H3,(H,50,51)(H,52,53)/t9-,10-,11-,12-,13-,14-,15-,16+,17+,18-,19-,20-,21-,22-,23-,24-,25-,26-,27-,28-,29-,30-,31-,32+,33+,36?,37?/m1/s1. The monoisotopic (exact) mass is 982 g/mol. The van der Waals surface area contributed by atoms with Crippen LogP contribution in [0.2, 0.25) is 0 Å². The maximum absolute atomic E-state index is 12.2. The van der Waals surface area contributed by atoms with Crippen molar-refractivity contribution < 1.29 is 147 Å². The molecule has 7 saturated heterocycles. The molecule has 7 fully saturated rings. The molecule has 7 heterocycles. The number of hydrogen-bond acceptors (Lipinski definition) is 28. The van der Waals surface area contributed by atoms with Crippen LogP contribution in [0.5, 0.6) is 0 Å². The zero-order valence-corrected chi connectivity index (χ0v) is 35.8. The Hall–Kier alpha value is -2.10. The van der Waals surface area contributed by atoms with Crippen molar-refractivity contribution >= 4 is 11.9 Å². The molecule has 30 heteroatoms. The van der Waals surface area contributed by atoms with Crippen molar-refractivity contribution in [3.8, 4) is 0 Å². The van der Waals surface area contributed by atoms with E-state index in [0.29, 0.717) is 0 Å². The number of aliphatic carboxylic acids is 2. The van der Waals surface area contributed by atoms with Crippen LogP contribution in [0.25, 0.3) is 0 Å². The molecular weight excluding hydrogens is 924 g/mol. The predicted octanol–water partition coefficient (Wildman–Crippen LogP) is -9.54. The summed E-state index contributed by atoms with van der Waals surface area (Å²) in [7, 11) is 1.19. The lowest BCUT2D eigenvalue weighted by atomic mass is 9.94. The lowest BCUT2D eigenvalue weighted by Crippen LogP contribution is -2.71. The first kappa shape index (κ1) is 52.7. The van der Waals surface area contributed by atoms with Gasteiger partial charge in [-0.15, -0.1) is 0 Å². The van der Waals surface area contributed by atoms with Gasteiger partial charge in [-0.05, 0) is 0 Å². The largest absolute Gasteiger partial charge is 0.477 e. The number of hydrogen-bond donors (Lipinski definition) is 14. The summed E-state index contributed by atoms with van der Waals surface area (Å²) in [5.74, 6) is -7.51. The summed E-state index contributed by atoms with van der Waals surface area (Å²) < 4.78 is 79.0. The average Bonchev–Trinajstić information content (AvgIpc) is 3.29. The molecule has 2 unspecified atom stereocenters. The molecule has 386 valence electrons. The molecule has 67 heavy (non-hydrogen) atoms. The number of carbonyl (C=O) groups is 2. The molecule has 0 aliphatic carbocycles. The van der Waals surface area contributed by atoms with Crippen LogP contribution in [-0.2, 0) is 75.9 Å². The van der Waals surface area contributed by atoms with Crippen LogP contribution >= 0.6 is 0 Å². The first-order chi connectivity index (χ1) is 31.6. The number of carboxylic acid groups (broad SMARTS) is 2. The number of ether oxygens (including phenoxy) is 14. The predicted molar refractivity (Wildman–Crippen MR) is 199 cm³/mol. The number of carboxylic acids is 2. The van der Waals surface area contributed by atoms with E-state index in [1.54, 1.807) is 0 Å². The molecule has 0 radical (unpaired) electrons. The number of fused-ring (bicyclic) bond motifs is 2. The summed E-state index contributed by atoms with van der Waals surface area (Å²) in [5, 5.41) is 148. The molecule has 27 atom stereocenters. The molecule has 0 bridgehead atoms. The Labute approximate surface area is 378 Å². The minimum absolute atomic E-state index is 0.398. The van der Waals surface area contributed by atoms with Crippen LogP contribution in [-0.4, -0.2) is 289 Å². The van der Waals surface area contributed by atoms with E-state index >= 15 is 0 Å². The summed E-state index contributed by atoms with van der Waals surface area (Å²) in [5.41, 5.74) is 0. The minimum Gasteiger partial charge on any atom is -0.477 e. The summed E-state index contributed by atoms with van der Waals surface area (Å²) >= 11 is 0. The van der Waals surface area contributed by atoms with Crippen molar-refractivity contribution in [3.05, 3.63) is 0 Å². The molecule has 7 aliphatic heterocycles. The van der Waals surface area contributed by atoms with Crippen LogP contribution in [0, 0.1) is 0 Å². The Morgan fingerprint density at radius 2 is 0.910 bits per heavy atom. The Bertz CT molecular complexity index is 1680. The second kappa shape index (κ2) is 20.9. The van der Waals surface area contributed by atoms with E-state index < -0.39 is 210 Å². The highest BCUT2D eigenvalue weighted by Gasteiger charge is 2.61. The quantitative estimate of drug-likeness (QED) is 0.0768. The third-order valence-electron chi connectivity index (χ3n) is 12.7. The van der Waals surface area contributed by atoms with Crippen LogP contribution < -0.4 is 0 Å². The maximum Gasteiger partial charge on any atom is 0.364 e. The fraction of sp³-hybridized carbons (Fsp3) is 0.946. The van der Waals surface area contributed by atoms with E-state index in [9.17, 15) is 81.1 Å². The van der Waals surface area contributed by atoms with Gasteiger partial charge in [0.15, 0.2) is 31.5 Å². The lowest BCUT2D eigenvalue weighted by Gasteiger charge is -2.53. The van der Waals surface area contributed by atoms with Gasteiger partial charge in [0.05, 0.1) is 33.0 Å². The Kier molecular flexibility index (Phi) is 16.5.